The molecule has 5 rings (SSSR count). The Hall–Kier alpha value is -4.80. The highest BCUT2D eigenvalue weighted by molar-refractivity contribution is 9.10. The maximum Gasteiger partial charge on any atom is 0.343 e. The number of aromatic amines is 1. The zero-order valence-corrected chi connectivity index (χ0v) is 22.8. The molecule has 0 aliphatic carbocycles. The number of ether oxygens (including phenoxy) is 1. The Balaban J connectivity index is 1.39. The van der Waals surface area contributed by atoms with Crippen LogP contribution in [0.3, 0.4) is 0 Å². The molecule has 0 saturated heterocycles. The summed E-state index contributed by atoms with van der Waals surface area (Å²) in [5, 5.41) is 16.3. The van der Waals surface area contributed by atoms with Gasteiger partial charge in [0.05, 0.1) is 16.7 Å². The topological polar surface area (TPSA) is 127 Å². The molecular weight excluding hydrogens is 600 g/mol. The van der Waals surface area contributed by atoms with Gasteiger partial charge in [-0.05, 0) is 42.5 Å². The third-order valence-corrected chi connectivity index (χ3v) is 6.76. The maximum absolute atomic E-state index is 13.3. The lowest BCUT2D eigenvalue weighted by atomic mass is 10.0. The number of nitro groups is 1. The van der Waals surface area contributed by atoms with Gasteiger partial charge < -0.3 is 9.72 Å². The number of nitro benzene ring substituents is 1. The monoisotopic (exact) mass is 616 g/mol. The molecule has 9 nitrogen and oxygen atoms in total. The van der Waals surface area contributed by atoms with E-state index in [2.05, 4.69) is 31.4 Å². The smallest absolute Gasteiger partial charge is 0.343 e. The second kappa shape index (κ2) is 11.5. The van der Waals surface area contributed by atoms with Crippen LogP contribution < -0.4 is 10.2 Å². The maximum atomic E-state index is 13.3. The van der Waals surface area contributed by atoms with Gasteiger partial charge in [-0.3, -0.25) is 14.9 Å². The van der Waals surface area contributed by atoms with Crippen molar-refractivity contribution in [2.45, 2.75) is 0 Å². The molecule has 1 aromatic heterocycles. The van der Waals surface area contributed by atoms with Crippen LogP contribution in [0, 0.1) is 10.1 Å². The summed E-state index contributed by atoms with van der Waals surface area (Å²) >= 11 is 9.84. The van der Waals surface area contributed by atoms with E-state index in [4.69, 9.17) is 16.3 Å². The molecule has 4 aromatic carbocycles. The number of aromatic nitrogens is 1. The van der Waals surface area contributed by atoms with Gasteiger partial charge in [-0.25, -0.2) is 10.2 Å². The Labute approximate surface area is 240 Å². The molecule has 0 fully saturated rings. The standard InChI is InChI=1S/C29H18BrClN4O5/c30-19-11-14-25(40-29(37)17-9-12-20(13-10-17)35(38)39)18(15-19)16-32-34-28(36)27-26(21-5-1-3-7-23(21)31)22-6-2-4-8-24(22)33-27/h1-16,33H,(H,34,36). The van der Waals surface area contributed by atoms with E-state index in [1.807, 2.05) is 42.5 Å². The molecule has 2 N–H and O–H groups in total. The zero-order chi connectivity index (χ0) is 28.2. The normalized spacial score (nSPS) is 11.1. The van der Waals surface area contributed by atoms with Crippen LogP contribution in [0.15, 0.2) is 101 Å². The molecule has 0 atom stereocenters. The van der Waals surface area contributed by atoms with Crippen molar-refractivity contribution in [1.82, 2.24) is 10.4 Å². The highest BCUT2D eigenvalue weighted by Gasteiger charge is 2.20. The van der Waals surface area contributed by atoms with Crippen molar-refractivity contribution in [3.63, 3.8) is 0 Å². The molecule has 0 spiro atoms. The Morgan fingerprint density at radius 3 is 2.48 bits per heavy atom. The SMILES string of the molecule is O=C(Oc1ccc(Br)cc1C=NNC(=O)c1[nH]c2ccccc2c1-c1ccccc1Cl)c1ccc([N+](=O)[O-])cc1. The number of halogens is 2. The number of hydrazone groups is 1. The van der Waals surface area contributed by atoms with Crippen LogP contribution >= 0.6 is 27.5 Å². The predicted octanol–water partition coefficient (Wildman–Crippen LogP) is 7.14. The minimum Gasteiger partial charge on any atom is -0.422 e. The quantitative estimate of drug-likeness (QED) is 0.0660. The third-order valence-electron chi connectivity index (χ3n) is 5.93. The number of non-ortho nitro benzene ring substituents is 1. The molecule has 0 saturated carbocycles. The predicted molar refractivity (Wildman–Crippen MR) is 156 cm³/mol. The van der Waals surface area contributed by atoms with Crippen molar-refractivity contribution in [3.05, 3.63) is 127 Å². The molecule has 5 aromatic rings. The van der Waals surface area contributed by atoms with E-state index in [1.165, 1.54) is 30.5 Å². The number of amides is 1. The van der Waals surface area contributed by atoms with E-state index in [0.29, 0.717) is 26.2 Å². The molecule has 0 radical (unpaired) electrons. The van der Waals surface area contributed by atoms with E-state index in [0.717, 1.165) is 10.9 Å². The number of esters is 1. The van der Waals surface area contributed by atoms with Crippen molar-refractivity contribution >= 4 is 62.2 Å². The summed E-state index contributed by atoms with van der Waals surface area (Å²) in [6, 6.07) is 24.7. The highest BCUT2D eigenvalue weighted by atomic mass is 79.9. The number of hydrogen-bond donors (Lipinski definition) is 2. The van der Waals surface area contributed by atoms with Crippen molar-refractivity contribution in [1.29, 1.82) is 0 Å². The van der Waals surface area contributed by atoms with Crippen molar-refractivity contribution in [2.75, 3.05) is 0 Å². The number of benzene rings is 4. The van der Waals surface area contributed by atoms with Crippen molar-refractivity contribution in [2.24, 2.45) is 5.10 Å². The molecule has 198 valence electrons. The zero-order valence-electron chi connectivity index (χ0n) is 20.4. The lowest BCUT2D eigenvalue weighted by molar-refractivity contribution is -0.384. The van der Waals surface area contributed by atoms with E-state index in [9.17, 15) is 19.7 Å². The first kappa shape index (κ1) is 26.8. The number of H-pyrrole nitrogens is 1. The van der Waals surface area contributed by atoms with Gasteiger partial charge in [-0.15, -0.1) is 0 Å². The van der Waals surface area contributed by atoms with Crippen LogP contribution in [0.25, 0.3) is 22.0 Å². The lowest BCUT2D eigenvalue weighted by Crippen LogP contribution is -2.19. The van der Waals surface area contributed by atoms with Crippen LogP contribution in [0.4, 0.5) is 5.69 Å². The molecule has 1 amide bonds. The summed E-state index contributed by atoms with van der Waals surface area (Å²) in [5.41, 5.74) is 5.30. The number of rotatable bonds is 7. The lowest BCUT2D eigenvalue weighted by Gasteiger charge is -2.08. The summed E-state index contributed by atoms with van der Waals surface area (Å²) in [4.78, 5) is 39.4. The average Bonchev–Trinajstić information content (AvgIpc) is 3.34. The van der Waals surface area contributed by atoms with E-state index in [1.54, 1.807) is 24.3 Å². The first-order valence-corrected chi connectivity index (χ1v) is 12.9. The molecule has 0 unspecified atom stereocenters. The van der Waals surface area contributed by atoms with Gasteiger partial charge in [0, 0.05) is 49.2 Å². The van der Waals surface area contributed by atoms with Crippen molar-refractivity contribution < 1.29 is 19.2 Å². The fourth-order valence-corrected chi connectivity index (χ4v) is 4.67. The molecule has 1 heterocycles. The largest absolute Gasteiger partial charge is 0.422 e. The number of carbonyl (C=O) groups is 2. The molecule has 0 bridgehead atoms. The number of nitrogens with one attached hydrogen (secondary N) is 2. The molecule has 0 aliphatic rings. The van der Waals surface area contributed by atoms with Crippen molar-refractivity contribution in [3.8, 4) is 16.9 Å². The minimum atomic E-state index is -0.710. The summed E-state index contributed by atoms with van der Waals surface area (Å²) in [5.74, 6) is -1.04. The van der Waals surface area contributed by atoms with Crippen LogP contribution in [0.2, 0.25) is 5.02 Å². The molecule has 0 aliphatic heterocycles. The first-order valence-electron chi connectivity index (χ1n) is 11.8. The van der Waals surface area contributed by atoms with Gasteiger partial charge in [0.2, 0.25) is 0 Å². The van der Waals surface area contributed by atoms with Crippen LogP contribution in [-0.2, 0) is 0 Å². The Kier molecular flexibility index (Phi) is 7.72. The molecule has 11 heteroatoms. The third kappa shape index (κ3) is 5.63. The number of para-hydroxylation sites is 1. The van der Waals surface area contributed by atoms with Gasteiger partial charge in [0.25, 0.3) is 11.6 Å². The van der Waals surface area contributed by atoms with E-state index < -0.39 is 16.8 Å². The number of carbonyl (C=O) groups excluding carboxylic acids is 2. The number of nitrogens with zero attached hydrogens (tertiary/aromatic N) is 2. The second-order valence-electron chi connectivity index (χ2n) is 8.48. The van der Waals surface area contributed by atoms with Crippen LogP contribution in [-0.4, -0.2) is 28.0 Å². The summed E-state index contributed by atoms with van der Waals surface area (Å²) in [6.07, 6.45) is 1.35. The first-order chi connectivity index (χ1) is 19.3. The Morgan fingerprint density at radius 1 is 1.00 bits per heavy atom. The van der Waals surface area contributed by atoms with Gasteiger partial charge in [0.15, 0.2) is 0 Å². The minimum absolute atomic E-state index is 0.135. The molecule has 40 heavy (non-hydrogen) atoms. The number of fused-ring (bicyclic) bond motifs is 1. The Morgan fingerprint density at radius 2 is 1.73 bits per heavy atom. The molecular formula is C29H18BrClN4O5. The van der Waals surface area contributed by atoms with Gasteiger partial charge in [-0.2, -0.15) is 5.10 Å². The van der Waals surface area contributed by atoms with Crippen LogP contribution in [0.5, 0.6) is 5.75 Å². The highest BCUT2D eigenvalue weighted by Crippen LogP contribution is 2.36. The van der Waals surface area contributed by atoms with E-state index >= 15 is 0 Å². The Bertz CT molecular complexity index is 1800. The summed E-state index contributed by atoms with van der Waals surface area (Å²) in [7, 11) is 0. The summed E-state index contributed by atoms with van der Waals surface area (Å²) in [6.45, 7) is 0. The van der Waals surface area contributed by atoms with Crippen LogP contribution in [0.1, 0.15) is 26.4 Å². The van der Waals surface area contributed by atoms with Gasteiger partial charge in [0.1, 0.15) is 11.4 Å². The average molecular weight is 618 g/mol. The fourth-order valence-electron chi connectivity index (χ4n) is 4.06. The van der Waals surface area contributed by atoms with E-state index in [-0.39, 0.29) is 22.7 Å². The second-order valence-corrected chi connectivity index (χ2v) is 9.80. The van der Waals surface area contributed by atoms with Gasteiger partial charge >= 0.3 is 5.97 Å². The van der Waals surface area contributed by atoms with Gasteiger partial charge in [-0.1, -0.05) is 63.9 Å². The fraction of sp³-hybridized carbons (Fsp3) is 0. The summed E-state index contributed by atoms with van der Waals surface area (Å²) < 4.78 is 6.19. The number of hydrogen-bond acceptors (Lipinski definition) is 6.